The van der Waals surface area contributed by atoms with E-state index in [1.807, 2.05) is 5.01 Å². The zero-order chi connectivity index (χ0) is 10.4. The predicted molar refractivity (Wildman–Crippen MR) is 60.9 cm³/mol. The molecular formula is C11H25N3. The van der Waals surface area contributed by atoms with Crippen molar-refractivity contribution in [2.45, 2.75) is 58.0 Å². The maximum Gasteiger partial charge on any atom is 0.0268 e. The molecule has 2 atom stereocenters. The molecule has 0 radical (unpaired) electrons. The van der Waals surface area contributed by atoms with Crippen LogP contribution < -0.4 is 11.2 Å². The summed E-state index contributed by atoms with van der Waals surface area (Å²) < 4.78 is 0. The summed E-state index contributed by atoms with van der Waals surface area (Å²) in [5.74, 6) is 5.75. The van der Waals surface area contributed by atoms with Crippen LogP contribution in [0.3, 0.4) is 0 Å². The molecule has 0 spiro atoms. The van der Waals surface area contributed by atoms with Gasteiger partial charge in [0, 0.05) is 18.6 Å². The minimum absolute atomic E-state index is 0.614. The van der Waals surface area contributed by atoms with Crippen molar-refractivity contribution in [3.05, 3.63) is 0 Å². The Labute approximate surface area is 88.0 Å². The van der Waals surface area contributed by atoms with E-state index in [0.29, 0.717) is 12.1 Å². The predicted octanol–water partition coefficient (Wildman–Crippen LogP) is 1.49. The average Bonchev–Trinajstić information content (AvgIpc) is 2.19. The number of rotatable bonds is 7. The summed E-state index contributed by atoms with van der Waals surface area (Å²) in [5, 5.41) is 5.52. The Balaban J connectivity index is 1.95. The van der Waals surface area contributed by atoms with E-state index < -0.39 is 0 Å². The fourth-order valence-corrected chi connectivity index (χ4v) is 1.93. The zero-order valence-electron chi connectivity index (χ0n) is 9.63. The van der Waals surface area contributed by atoms with Gasteiger partial charge in [0.15, 0.2) is 0 Å². The van der Waals surface area contributed by atoms with E-state index in [1.54, 1.807) is 0 Å². The number of hydrogen-bond donors (Lipinski definition) is 2. The van der Waals surface area contributed by atoms with Crippen molar-refractivity contribution in [3.63, 3.8) is 0 Å². The molecule has 3 nitrogen and oxygen atoms in total. The van der Waals surface area contributed by atoms with Crippen molar-refractivity contribution in [3.8, 4) is 0 Å². The Morgan fingerprint density at radius 2 is 2.29 bits per heavy atom. The van der Waals surface area contributed by atoms with Gasteiger partial charge >= 0.3 is 0 Å². The summed E-state index contributed by atoms with van der Waals surface area (Å²) in [6, 6.07) is 1.24. The summed E-state index contributed by atoms with van der Waals surface area (Å²) in [6.45, 7) is 6.74. The van der Waals surface area contributed by atoms with Crippen LogP contribution in [0.2, 0.25) is 0 Å². The lowest BCUT2D eigenvalue weighted by atomic mass is 9.98. The Hall–Kier alpha value is -0.120. The van der Waals surface area contributed by atoms with E-state index in [4.69, 9.17) is 5.84 Å². The van der Waals surface area contributed by atoms with Crippen LogP contribution in [0.15, 0.2) is 0 Å². The van der Waals surface area contributed by atoms with Crippen LogP contribution in [0.1, 0.15) is 46.0 Å². The van der Waals surface area contributed by atoms with E-state index in [9.17, 15) is 0 Å². The molecule has 14 heavy (non-hydrogen) atoms. The monoisotopic (exact) mass is 199 g/mol. The molecule has 0 saturated carbocycles. The van der Waals surface area contributed by atoms with Crippen molar-refractivity contribution in [2.75, 3.05) is 13.1 Å². The summed E-state index contributed by atoms with van der Waals surface area (Å²) in [7, 11) is 0. The molecule has 0 aromatic carbocycles. The van der Waals surface area contributed by atoms with Crippen LogP contribution in [-0.2, 0) is 0 Å². The highest BCUT2D eigenvalue weighted by Crippen LogP contribution is 2.17. The molecule has 2 unspecified atom stereocenters. The van der Waals surface area contributed by atoms with Crippen molar-refractivity contribution in [2.24, 2.45) is 5.84 Å². The van der Waals surface area contributed by atoms with Crippen molar-refractivity contribution < 1.29 is 0 Å². The lowest BCUT2D eigenvalue weighted by Crippen LogP contribution is -2.54. The Bertz CT molecular complexity index is 149. The third kappa shape index (κ3) is 3.95. The van der Waals surface area contributed by atoms with Crippen LogP contribution in [-0.4, -0.2) is 30.2 Å². The first-order valence-electron chi connectivity index (χ1n) is 5.98. The smallest absolute Gasteiger partial charge is 0.0268 e. The highest BCUT2D eigenvalue weighted by Gasteiger charge is 2.25. The second kappa shape index (κ2) is 6.38. The average molecular weight is 199 g/mol. The second-order valence-corrected chi connectivity index (χ2v) is 4.48. The van der Waals surface area contributed by atoms with Gasteiger partial charge in [0.05, 0.1) is 0 Å². The van der Waals surface area contributed by atoms with Gasteiger partial charge in [-0.1, -0.05) is 19.8 Å². The molecule has 1 aliphatic heterocycles. The number of nitrogens with zero attached hydrogens (tertiary/aromatic N) is 1. The number of hydrogen-bond acceptors (Lipinski definition) is 3. The first-order valence-corrected chi connectivity index (χ1v) is 5.98. The van der Waals surface area contributed by atoms with Gasteiger partial charge < -0.3 is 5.32 Å². The normalized spacial score (nSPS) is 24.6. The number of nitrogens with two attached hydrogens (primary N) is 1. The molecule has 3 N–H and O–H groups in total. The standard InChI is InChI=1S/C11H25N3/c1-3-4-5-7-13-10(2)9-11-6-8-14(11)12/h10-11,13H,3-9,12H2,1-2H3. The minimum Gasteiger partial charge on any atom is -0.314 e. The van der Waals surface area contributed by atoms with Crippen LogP contribution in [0.5, 0.6) is 0 Å². The molecule has 1 heterocycles. The zero-order valence-corrected chi connectivity index (χ0v) is 9.63. The highest BCUT2D eigenvalue weighted by molar-refractivity contribution is 4.81. The minimum atomic E-state index is 0.614. The quantitative estimate of drug-likeness (QED) is 0.482. The Morgan fingerprint density at radius 1 is 1.50 bits per heavy atom. The van der Waals surface area contributed by atoms with Gasteiger partial charge in [-0.2, -0.15) is 0 Å². The maximum absolute atomic E-state index is 5.75. The van der Waals surface area contributed by atoms with Crippen molar-refractivity contribution >= 4 is 0 Å². The molecule has 1 aliphatic rings. The molecule has 0 amide bonds. The molecule has 1 fully saturated rings. The van der Waals surface area contributed by atoms with E-state index >= 15 is 0 Å². The van der Waals surface area contributed by atoms with Crippen LogP contribution in [0.4, 0.5) is 0 Å². The fourth-order valence-electron chi connectivity index (χ4n) is 1.93. The third-order valence-electron chi connectivity index (χ3n) is 3.09. The summed E-state index contributed by atoms with van der Waals surface area (Å²) >= 11 is 0. The van der Waals surface area contributed by atoms with E-state index in [2.05, 4.69) is 19.2 Å². The summed E-state index contributed by atoms with van der Waals surface area (Å²) in [5.41, 5.74) is 0. The maximum atomic E-state index is 5.75. The third-order valence-corrected chi connectivity index (χ3v) is 3.09. The Morgan fingerprint density at radius 3 is 2.79 bits per heavy atom. The van der Waals surface area contributed by atoms with Crippen LogP contribution in [0, 0.1) is 0 Å². The van der Waals surface area contributed by atoms with Crippen molar-refractivity contribution in [1.82, 2.24) is 10.3 Å². The van der Waals surface area contributed by atoms with Gasteiger partial charge in [-0.15, -0.1) is 0 Å². The summed E-state index contributed by atoms with van der Waals surface area (Å²) in [4.78, 5) is 0. The molecule has 3 heteroatoms. The highest BCUT2D eigenvalue weighted by atomic mass is 15.4. The van der Waals surface area contributed by atoms with Crippen molar-refractivity contribution in [1.29, 1.82) is 0 Å². The molecule has 0 aromatic rings. The molecule has 0 aliphatic carbocycles. The molecule has 1 saturated heterocycles. The van der Waals surface area contributed by atoms with Gasteiger partial charge in [-0.3, -0.25) is 5.84 Å². The van der Waals surface area contributed by atoms with E-state index in [0.717, 1.165) is 13.1 Å². The number of unbranched alkanes of at least 4 members (excludes halogenated alkanes) is 2. The van der Waals surface area contributed by atoms with E-state index in [1.165, 1.54) is 32.1 Å². The SMILES string of the molecule is CCCCCNC(C)CC1CCN1N. The number of hydrazine groups is 1. The summed E-state index contributed by atoms with van der Waals surface area (Å²) in [6.07, 6.45) is 6.42. The molecular weight excluding hydrogens is 174 g/mol. The first kappa shape index (κ1) is 12.0. The lowest BCUT2D eigenvalue weighted by Gasteiger charge is -2.38. The second-order valence-electron chi connectivity index (χ2n) is 4.48. The van der Waals surface area contributed by atoms with Gasteiger partial charge in [-0.05, 0) is 32.7 Å². The van der Waals surface area contributed by atoms with Crippen LogP contribution >= 0.6 is 0 Å². The van der Waals surface area contributed by atoms with Gasteiger partial charge in [0.2, 0.25) is 0 Å². The van der Waals surface area contributed by atoms with Gasteiger partial charge in [-0.25, -0.2) is 5.01 Å². The molecule has 0 aromatic heterocycles. The first-order chi connectivity index (χ1) is 6.74. The van der Waals surface area contributed by atoms with E-state index in [-0.39, 0.29) is 0 Å². The van der Waals surface area contributed by atoms with Gasteiger partial charge in [0.25, 0.3) is 0 Å². The molecule has 84 valence electrons. The fraction of sp³-hybridized carbons (Fsp3) is 1.00. The Kier molecular flexibility index (Phi) is 5.45. The molecule has 0 bridgehead atoms. The van der Waals surface area contributed by atoms with Gasteiger partial charge in [0.1, 0.15) is 0 Å². The molecule has 1 rings (SSSR count). The van der Waals surface area contributed by atoms with Crippen LogP contribution in [0.25, 0.3) is 0 Å². The topological polar surface area (TPSA) is 41.3 Å². The largest absolute Gasteiger partial charge is 0.314 e. The lowest BCUT2D eigenvalue weighted by molar-refractivity contribution is 0.0772. The number of nitrogens with one attached hydrogen (secondary N) is 1.